The van der Waals surface area contributed by atoms with Crippen LogP contribution in [0.2, 0.25) is 0 Å². The molecule has 1 aliphatic rings. The Balaban J connectivity index is 1.55. The van der Waals surface area contributed by atoms with Crippen LogP contribution in [0.5, 0.6) is 0 Å². The van der Waals surface area contributed by atoms with Crippen LogP contribution in [0.3, 0.4) is 0 Å². The van der Waals surface area contributed by atoms with Crippen LogP contribution in [0.15, 0.2) is 40.1 Å². The van der Waals surface area contributed by atoms with E-state index in [0.717, 1.165) is 32.9 Å². The first-order valence-electron chi connectivity index (χ1n) is 8.60. The highest BCUT2D eigenvalue weighted by Crippen LogP contribution is 2.40. The zero-order valence-electron chi connectivity index (χ0n) is 14.3. The van der Waals surface area contributed by atoms with Gasteiger partial charge in [0.2, 0.25) is 5.91 Å². The first kappa shape index (κ1) is 17.9. The highest BCUT2D eigenvalue weighted by Gasteiger charge is 2.23. The molecule has 1 N–H and O–H groups in total. The van der Waals surface area contributed by atoms with E-state index < -0.39 is 0 Å². The third kappa shape index (κ3) is 3.66. The molecule has 0 bridgehead atoms. The Morgan fingerprint density at radius 3 is 2.81 bits per heavy atom. The third-order valence-corrected chi connectivity index (χ3v) is 7.31. The highest BCUT2D eigenvalue weighted by molar-refractivity contribution is 9.10. The number of hydrogen-bond acceptors (Lipinski definition) is 5. The molecule has 0 radical (unpaired) electrons. The SMILES string of the molecule is C[C@@H](Sc1ncnc2sc3c(c12)CCCC3)C(=O)Nc1ccc(Br)cc1. The average molecular weight is 448 g/mol. The van der Waals surface area contributed by atoms with Gasteiger partial charge >= 0.3 is 0 Å². The van der Waals surface area contributed by atoms with Gasteiger partial charge in [-0.1, -0.05) is 27.7 Å². The Bertz CT molecular complexity index is 955. The van der Waals surface area contributed by atoms with Gasteiger partial charge in [-0.15, -0.1) is 11.3 Å². The summed E-state index contributed by atoms with van der Waals surface area (Å²) in [5.74, 6) is -0.0202. The molecular weight excluding hydrogens is 430 g/mol. The second-order valence-corrected chi connectivity index (χ2v) is 9.65. The Morgan fingerprint density at radius 2 is 2.00 bits per heavy atom. The van der Waals surface area contributed by atoms with Gasteiger partial charge in [0.05, 0.1) is 5.25 Å². The van der Waals surface area contributed by atoms with Gasteiger partial charge in [-0.05, 0) is 62.4 Å². The van der Waals surface area contributed by atoms with E-state index in [2.05, 4.69) is 31.2 Å². The van der Waals surface area contributed by atoms with Crippen molar-refractivity contribution in [3.05, 3.63) is 45.5 Å². The van der Waals surface area contributed by atoms with E-state index in [1.165, 1.54) is 40.4 Å². The molecule has 26 heavy (non-hydrogen) atoms. The quantitative estimate of drug-likeness (QED) is 0.426. The molecular formula is C19H18BrN3OS2. The number of thiophene rings is 1. The lowest BCUT2D eigenvalue weighted by Gasteiger charge is -2.14. The average Bonchev–Trinajstić information content (AvgIpc) is 3.03. The van der Waals surface area contributed by atoms with Crippen molar-refractivity contribution in [3.8, 4) is 0 Å². The number of anilines is 1. The van der Waals surface area contributed by atoms with Crippen LogP contribution in [0.4, 0.5) is 5.69 Å². The molecule has 2 heterocycles. The topological polar surface area (TPSA) is 54.9 Å². The fraction of sp³-hybridized carbons (Fsp3) is 0.316. The van der Waals surface area contributed by atoms with Crippen LogP contribution in [-0.2, 0) is 17.6 Å². The van der Waals surface area contributed by atoms with Gasteiger partial charge in [0.25, 0.3) is 0 Å². The van der Waals surface area contributed by atoms with E-state index in [1.807, 2.05) is 31.2 Å². The lowest BCUT2D eigenvalue weighted by molar-refractivity contribution is -0.115. The Kier molecular flexibility index (Phi) is 5.29. The summed E-state index contributed by atoms with van der Waals surface area (Å²) < 4.78 is 0.989. The summed E-state index contributed by atoms with van der Waals surface area (Å²) in [5.41, 5.74) is 2.20. The van der Waals surface area contributed by atoms with E-state index in [0.29, 0.717) is 0 Å². The van der Waals surface area contributed by atoms with Crippen LogP contribution in [0.25, 0.3) is 10.2 Å². The van der Waals surface area contributed by atoms with Gasteiger partial charge < -0.3 is 5.32 Å². The molecule has 0 saturated carbocycles. The van der Waals surface area contributed by atoms with E-state index in [-0.39, 0.29) is 11.2 Å². The number of aryl methyl sites for hydroxylation is 2. The molecule has 0 unspecified atom stereocenters. The maximum atomic E-state index is 12.6. The fourth-order valence-corrected chi connectivity index (χ4v) is 5.65. The summed E-state index contributed by atoms with van der Waals surface area (Å²) in [6, 6.07) is 7.60. The highest BCUT2D eigenvalue weighted by atomic mass is 79.9. The minimum absolute atomic E-state index is 0.0202. The summed E-state index contributed by atoms with van der Waals surface area (Å²) in [6.07, 6.45) is 6.32. The lowest BCUT2D eigenvalue weighted by atomic mass is 9.97. The van der Waals surface area contributed by atoms with Crippen molar-refractivity contribution in [2.24, 2.45) is 0 Å². The number of rotatable bonds is 4. The summed E-state index contributed by atoms with van der Waals surface area (Å²) in [6.45, 7) is 1.92. The minimum atomic E-state index is -0.240. The Labute approximate surface area is 169 Å². The zero-order chi connectivity index (χ0) is 18.1. The van der Waals surface area contributed by atoms with Gasteiger partial charge in [-0.25, -0.2) is 9.97 Å². The Hall–Kier alpha value is -1.44. The lowest BCUT2D eigenvalue weighted by Crippen LogP contribution is -2.22. The molecule has 4 nitrogen and oxygen atoms in total. The van der Waals surface area contributed by atoms with Crippen molar-refractivity contribution in [1.29, 1.82) is 0 Å². The van der Waals surface area contributed by atoms with Crippen molar-refractivity contribution in [2.45, 2.75) is 42.9 Å². The molecule has 2 aromatic heterocycles. The monoisotopic (exact) mass is 447 g/mol. The first-order valence-corrected chi connectivity index (χ1v) is 11.1. The molecule has 0 saturated heterocycles. The molecule has 1 aliphatic carbocycles. The van der Waals surface area contributed by atoms with Gasteiger partial charge in [-0.3, -0.25) is 4.79 Å². The fourth-order valence-electron chi connectivity index (χ4n) is 3.15. The molecule has 134 valence electrons. The van der Waals surface area contributed by atoms with E-state index >= 15 is 0 Å². The molecule has 1 amide bonds. The molecule has 1 atom stereocenters. The van der Waals surface area contributed by atoms with Crippen molar-refractivity contribution in [3.63, 3.8) is 0 Å². The molecule has 4 rings (SSSR count). The number of nitrogens with zero attached hydrogens (tertiary/aromatic N) is 2. The predicted molar refractivity (Wildman–Crippen MR) is 112 cm³/mol. The maximum absolute atomic E-state index is 12.6. The predicted octanol–water partition coefficient (Wildman–Crippen LogP) is 5.45. The Morgan fingerprint density at radius 1 is 1.23 bits per heavy atom. The van der Waals surface area contributed by atoms with E-state index in [1.54, 1.807) is 17.7 Å². The molecule has 7 heteroatoms. The first-order chi connectivity index (χ1) is 12.6. The van der Waals surface area contributed by atoms with E-state index in [9.17, 15) is 4.79 Å². The summed E-state index contributed by atoms with van der Waals surface area (Å²) in [7, 11) is 0. The van der Waals surface area contributed by atoms with Crippen molar-refractivity contribution in [1.82, 2.24) is 9.97 Å². The number of carbonyl (C=O) groups excluding carboxylic acids is 1. The molecule has 3 aromatic rings. The smallest absolute Gasteiger partial charge is 0.237 e. The minimum Gasteiger partial charge on any atom is -0.325 e. The summed E-state index contributed by atoms with van der Waals surface area (Å²) in [5, 5.41) is 4.82. The molecule has 0 fully saturated rings. The number of hydrogen-bond donors (Lipinski definition) is 1. The van der Waals surface area contributed by atoms with Crippen LogP contribution in [0, 0.1) is 0 Å². The number of fused-ring (bicyclic) bond motifs is 3. The van der Waals surface area contributed by atoms with Crippen LogP contribution < -0.4 is 5.32 Å². The van der Waals surface area contributed by atoms with E-state index in [4.69, 9.17) is 0 Å². The van der Waals surface area contributed by atoms with Gasteiger partial charge in [0.1, 0.15) is 16.2 Å². The number of aromatic nitrogens is 2. The number of carbonyl (C=O) groups is 1. The van der Waals surface area contributed by atoms with Crippen LogP contribution in [0.1, 0.15) is 30.2 Å². The number of halogens is 1. The molecule has 0 spiro atoms. The summed E-state index contributed by atoms with van der Waals surface area (Å²) in [4.78, 5) is 24.0. The second kappa shape index (κ2) is 7.66. The largest absolute Gasteiger partial charge is 0.325 e. The van der Waals surface area contributed by atoms with Crippen LogP contribution in [-0.4, -0.2) is 21.1 Å². The normalized spacial score (nSPS) is 14.8. The van der Waals surface area contributed by atoms with Crippen molar-refractivity contribution >= 4 is 60.8 Å². The van der Waals surface area contributed by atoms with Gasteiger partial charge in [-0.2, -0.15) is 0 Å². The maximum Gasteiger partial charge on any atom is 0.237 e. The zero-order valence-corrected chi connectivity index (χ0v) is 17.5. The van der Waals surface area contributed by atoms with Gasteiger partial charge in [0.15, 0.2) is 0 Å². The second-order valence-electron chi connectivity index (χ2n) is 6.33. The van der Waals surface area contributed by atoms with Crippen molar-refractivity contribution < 1.29 is 4.79 Å². The van der Waals surface area contributed by atoms with Gasteiger partial charge in [0, 0.05) is 20.4 Å². The number of nitrogens with one attached hydrogen (secondary N) is 1. The molecule has 0 aliphatic heterocycles. The third-order valence-electron chi connectivity index (χ3n) is 4.49. The molecule has 1 aromatic carbocycles. The van der Waals surface area contributed by atoms with Crippen LogP contribution >= 0.6 is 39.0 Å². The van der Waals surface area contributed by atoms with Crippen molar-refractivity contribution in [2.75, 3.05) is 5.32 Å². The number of benzene rings is 1. The standard InChI is InChI=1S/C19H18BrN3OS2/c1-11(17(24)23-13-8-6-12(20)7-9-13)25-18-16-14-4-2-3-5-15(14)26-19(16)22-10-21-18/h6-11H,2-5H2,1H3,(H,23,24)/t11-/m1/s1. The summed E-state index contributed by atoms with van der Waals surface area (Å²) >= 11 is 6.70. The number of amides is 1. The number of thioether (sulfide) groups is 1.